The summed E-state index contributed by atoms with van der Waals surface area (Å²) in [6.07, 6.45) is -0.223. The van der Waals surface area contributed by atoms with Gasteiger partial charge in [-0.15, -0.1) is 0 Å². The molecular formula is C13H21N3O4. The number of aliphatic hydroxyl groups excluding tert-OH is 1. The molecule has 0 saturated heterocycles. The van der Waals surface area contributed by atoms with Crippen LogP contribution in [0.1, 0.15) is 31.5 Å². The second-order valence-corrected chi connectivity index (χ2v) is 5.13. The highest BCUT2D eigenvalue weighted by atomic mass is 16.3. The molecule has 0 fully saturated rings. The standard InChI is InChI=1S/C13H21N3O4/c1-7(2)10(17)6-14-11(18)5-4-9-8(3)15-13(20)16-12(9)19/h7,10,17H,4-6H2,1-3H3,(H,14,18)(H2,15,16,19,20). The molecule has 7 heteroatoms. The van der Waals surface area contributed by atoms with Crippen LogP contribution in [0.2, 0.25) is 0 Å². The summed E-state index contributed by atoms with van der Waals surface area (Å²) in [6, 6.07) is 0. The Labute approximate surface area is 116 Å². The molecule has 1 amide bonds. The van der Waals surface area contributed by atoms with Gasteiger partial charge in [-0.25, -0.2) is 4.79 Å². The third-order valence-corrected chi connectivity index (χ3v) is 3.13. The molecule has 0 radical (unpaired) electrons. The molecule has 1 aromatic rings. The molecule has 1 unspecified atom stereocenters. The molecule has 7 nitrogen and oxygen atoms in total. The highest BCUT2D eigenvalue weighted by Gasteiger charge is 2.12. The summed E-state index contributed by atoms with van der Waals surface area (Å²) >= 11 is 0. The average Bonchev–Trinajstić information content (AvgIpc) is 2.34. The molecule has 112 valence electrons. The highest BCUT2D eigenvalue weighted by molar-refractivity contribution is 5.76. The van der Waals surface area contributed by atoms with Crippen molar-refractivity contribution in [1.29, 1.82) is 0 Å². The van der Waals surface area contributed by atoms with Gasteiger partial charge in [-0.1, -0.05) is 13.8 Å². The van der Waals surface area contributed by atoms with Gasteiger partial charge in [-0.05, 0) is 19.3 Å². The van der Waals surface area contributed by atoms with Crippen LogP contribution in [-0.4, -0.2) is 33.6 Å². The fraction of sp³-hybridized carbons (Fsp3) is 0.615. The molecule has 1 aromatic heterocycles. The molecule has 0 spiro atoms. The SMILES string of the molecule is Cc1[nH]c(=O)[nH]c(=O)c1CCC(=O)NCC(O)C(C)C. The van der Waals surface area contributed by atoms with Crippen molar-refractivity contribution in [1.82, 2.24) is 15.3 Å². The van der Waals surface area contributed by atoms with Crippen molar-refractivity contribution in [2.75, 3.05) is 6.54 Å². The number of hydrogen-bond acceptors (Lipinski definition) is 4. The van der Waals surface area contributed by atoms with Gasteiger partial charge in [0, 0.05) is 24.2 Å². The summed E-state index contributed by atoms with van der Waals surface area (Å²) in [7, 11) is 0. The Morgan fingerprint density at radius 1 is 1.30 bits per heavy atom. The van der Waals surface area contributed by atoms with Crippen LogP contribution >= 0.6 is 0 Å². The average molecular weight is 283 g/mol. The van der Waals surface area contributed by atoms with Gasteiger partial charge in [0.25, 0.3) is 5.56 Å². The lowest BCUT2D eigenvalue weighted by Crippen LogP contribution is -2.35. The number of rotatable bonds is 6. The fourth-order valence-electron chi connectivity index (χ4n) is 1.71. The first kappa shape index (κ1) is 16.2. The minimum Gasteiger partial charge on any atom is -0.391 e. The summed E-state index contributed by atoms with van der Waals surface area (Å²) in [5.74, 6) is -0.172. The lowest BCUT2D eigenvalue weighted by molar-refractivity contribution is -0.121. The second-order valence-electron chi connectivity index (χ2n) is 5.13. The predicted octanol–water partition coefficient (Wildman–Crippen LogP) is -0.563. The second kappa shape index (κ2) is 7.04. The van der Waals surface area contributed by atoms with E-state index in [2.05, 4.69) is 15.3 Å². The molecule has 0 aliphatic carbocycles. The summed E-state index contributed by atoms with van der Waals surface area (Å²) in [5.41, 5.74) is -0.167. The topological polar surface area (TPSA) is 115 Å². The van der Waals surface area contributed by atoms with Crippen molar-refractivity contribution in [2.24, 2.45) is 5.92 Å². The smallest absolute Gasteiger partial charge is 0.325 e. The van der Waals surface area contributed by atoms with E-state index in [1.165, 1.54) is 0 Å². The van der Waals surface area contributed by atoms with E-state index in [0.717, 1.165) is 0 Å². The van der Waals surface area contributed by atoms with Crippen molar-refractivity contribution in [3.63, 3.8) is 0 Å². The summed E-state index contributed by atoms with van der Waals surface area (Å²) < 4.78 is 0. The van der Waals surface area contributed by atoms with Crippen molar-refractivity contribution in [2.45, 2.75) is 39.7 Å². The summed E-state index contributed by atoms with van der Waals surface area (Å²) in [4.78, 5) is 38.8. The minimum absolute atomic E-state index is 0.0691. The van der Waals surface area contributed by atoms with E-state index in [9.17, 15) is 19.5 Å². The number of aromatic amines is 2. The van der Waals surface area contributed by atoms with E-state index < -0.39 is 17.4 Å². The predicted molar refractivity (Wildman–Crippen MR) is 74.6 cm³/mol. The van der Waals surface area contributed by atoms with Gasteiger partial charge < -0.3 is 15.4 Å². The van der Waals surface area contributed by atoms with Crippen LogP contribution in [0.3, 0.4) is 0 Å². The highest BCUT2D eigenvalue weighted by Crippen LogP contribution is 2.01. The van der Waals surface area contributed by atoms with Crippen LogP contribution in [0.25, 0.3) is 0 Å². The number of aryl methyl sites for hydroxylation is 1. The van der Waals surface area contributed by atoms with E-state index in [4.69, 9.17) is 0 Å². The maximum atomic E-state index is 11.6. The maximum Gasteiger partial charge on any atom is 0.325 e. The maximum absolute atomic E-state index is 11.6. The van der Waals surface area contributed by atoms with Crippen LogP contribution in [0.4, 0.5) is 0 Å². The van der Waals surface area contributed by atoms with Gasteiger partial charge in [0.2, 0.25) is 5.91 Å². The van der Waals surface area contributed by atoms with E-state index in [0.29, 0.717) is 11.3 Å². The summed E-state index contributed by atoms with van der Waals surface area (Å²) in [6.45, 7) is 5.53. The van der Waals surface area contributed by atoms with Gasteiger partial charge >= 0.3 is 5.69 Å². The van der Waals surface area contributed by atoms with Gasteiger partial charge in [-0.2, -0.15) is 0 Å². The van der Waals surface area contributed by atoms with Gasteiger partial charge in [0.05, 0.1) is 6.10 Å². The molecule has 0 aliphatic rings. The zero-order chi connectivity index (χ0) is 15.3. The monoisotopic (exact) mass is 283 g/mol. The number of H-pyrrole nitrogens is 2. The normalized spacial score (nSPS) is 12.4. The molecule has 1 rings (SSSR count). The van der Waals surface area contributed by atoms with Crippen LogP contribution in [-0.2, 0) is 11.2 Å². The lowest BCUT2D eigenvalue weighted by atomic mass is 10.1. The molecule has 1 heterocycles. The Balaban J connectivity index is 2.54. The molecule has 0 bridgehead atoms. The number of nitrogens with one attached hydrogen (secondary N) is 3. The third kappa shape index (κ3) is 4.65. The number of carbonyl (C=O) groups excluding carboxylic acids is 1. The van der Waals surface area contributed by atoms with E-state index >= 15 is 0 Å². The van der Waals surface area contributed by atoms with Crippen LogP contribution in [0, 0.1) is 12.8 Å². The largest absolute Gasteiger partial charge is 0.391 e. The molecule has 0 aliphatic heterocycles. The molecule has 0 aromatic carbocycles. The Kier molecular flexibility index (Phi) is 5.69. The van der Waals surface area contributed by atoms with Crippen LogP contribution in [0.5, 0.6) is 0 Å². The van der Waals surface area contributed by atoms with Crippen molar-refractivity contribution >= 4 is 5.91 Å². The van der Waals surface area contributed by atoms with Gasteiger partial charge in [0.15, 0.2) is 0 Å². The van der Waals surface area contributed by atoms with Crippen LogP contribution < -0.4 is 16.6 Å². The van der Waals surface area contributed by atoms with Gasteiger partial charge in [0.1, 0.15) is 0 Å². The zero-order valence-corrected chi connectivity index (χ0v) is 11.9. The number of aliphatic hydroxyl groups is 1. The summed E-state index contributed by atoms with van der Waals surface area (Å²) in [5, 5.41) is 12.2. The molecule has 4 N–H and O–H groups in total. The lowest BCUT2D eigenvalue weighted by Gasteiger charge is -2.15. The van der Waals surface area contributed by atoms with E-state index in [1.807, 2.05) is 13.8 Å². The quantitative estimate of drug-likeness (QED) is 0.560. The van der Waals surface area contributed by atoms with E-state index in [1.54, 1.807) is 6.92 Å². The third-order valence-electron chi connectivity index (χ3n) is 3.13. The number of hydrogen-bond donors (Lipinski definition) is 4. The Morgan fingerprint density at radius 3 is 2.50 bits per heavy atom. The number of carbonyl (C=O) groups is 1. The minimum atomic E-state index is -0.586. The first-order valence-corrected chi connectivity index (χ1v) is 6.58. The molecule has 1 atom stereocenters. The Morgan fingerprint density at radius 2 is 1.95 bits per heavy atom. The van der Waals surface area contributed by atoms with Crippen molar-refractivity contribution < 1.29 is 9.90 Å². The van der Waals surface area contributed by atoms with Gasteiger partial charge in [-0.3, -0.25) is 14.6 Å². The molecule has 0 saturated carbocycles. The van der Waals surface area contributed by atoms with Crippen molar-refractivity contribution in [3.05, 3.63) is 32.1 Å². The Hall–Kier alpha value is -1.89. The van der Waals surface area contributed by atoms with Crippen molar-refractivity contribution in [3.8, 4) is 0 Å². The molecule has 20 heavy (non-hydrogen) atoms. The zero-order valence-electron chi connectivity index (χ0n) is 11.9. The fourth-order valence-corrected chi connectivity index (χ4v) is 1.71. The number of aromatic nitrogens is 2. The van der Waals surface area contributed by atoms with Crippen LogP contribution in [0.15, 0.2) is 9.59 Å². The van der Waals surface area contributed by atoms with E-state index in [-0.39, 0.29) is 31.2 Å². The number of amides is 1. The first-order valence-electron chi connectivity index (χ1n) is 6.58. The molecular weight excluding hydrogens is 262 g/mol. The Bertz CT molecular complexity index is 574. The first-order chi connectivity index (χ1) is 9.31.